The highest BCUT2D eigenvalue weighted by Gasteiger charge is 2.25. The van der Waals surface area contributed by atoms with Crippen molar-refractivity contribution in [3.05, 3.63) is 21.9 Å². The number of rotatable bonds is 6. The van der Waals surface area contributed by atoms with Gasteiger partial charge in [0.15, 0.2) is 0 Å². The maximum absolute atomic E-state index is 12.0. The van der Waals surface area contributed by atoms with Crippen LogP contribution >= 0.6 is 11.3 Å². The van der Waals surface area contributed by atoms with Crippen LogP contribution in [-0.2, 0) is 16.1 Å². The van der Waals surface area contributed by atoms with Gasteiger partial charge in [-0.2, -0.15) is 0 Å². The maximum Gasteiger partial charge on any atom is 0.326 e. The molecule has 0 spiro atoms. The van der Waals surface area contributed by atoms with Gasteiger partial charge in [-0.3, -0.25) is 4.79 Å². The molecule has 6 heteroatoms. The van der Waals surface area contributed by atoms with Gasteiger partial charge in [-0.25, -0.2) is 4.79 Å². The molecule has 1 atom stereocenters. The van der Waals surface area contributed by atoms with Gasteiger partial charge in [-0.1, -0.05) is 13.8 Å². The maximum atomic E-state index is 12.0. The van der Waals surface area contributed by atoms with Crippen molar-refractivity contribution >= 4 is 23.2 Å². The number of amides is 1. The average molecular weight is 271 g/mol. The van der Waals surface area contributed by atoms with E-state index in [4.69, 9.17) is 9.84 Å². The second kappa shape index (κ2) is 6.51. The van der Waals surface area contributed by atoms with Gasteiger partial charge in [0.1, 0.15) is 6.04 Å². The molecule has 0 saturated heterocycles. The molecule has 5 nitrogen and oxygen atoms in total. The Kier molecular flexibility index (Phi) is 5.30. The molecule has 0 aromatic carbocycles. The third-order valence-corrected chi connectivity index (χ3v) is 3.43. The van der Waals surface area contributed by atoms with E-state index in [1.54, 1.807) is 32.4 Å². The molecule has 1 aromatic rings. The molecule has 100 valence electrons. The number of ether oxygens (including phenoxy) is 1. The van der Waals surface area contributed by atoms with Crippen molar-refractivity contribution in [3.63, 3.8) is 0 Å². The SMILES string of the molecule is COCc1ccsc1C(=O)N[C@@H](C(=O)O)C(C)C. The van der Waals surface area contributed by atoms with Crippen LogP contribution in [0.2, 0.25) is 0 Å². The fraction of sp³-hybridized carbons (Fsp3) is 0.500. The largest absolute Gasteiger partial charge is 0.480 e. The minimum atomic E-state index is -1.02. The highest BCUT2D eigenvalue weighted by molar-refractivity contribution is 7.12. The van der Waals surface area contributed by atoms with Crippen LogP contribution in [0, 0.1) is 5.92 Å². The van der Waals surface area contributed by atoms with Gasteiger partial charge in [0.25, 0.3) is 5.91 Å². The third kappa shape index (κ3) is 3.54. The Morgan fingerprint density at radius 3 is 2.67 bits per heavy atom. The van der Waals surface area contributed by atoms with Crippen molar-refractivity contribution in [1.29, 1.82) is 0 Å². The van der Waals surface area contributed by atoms with Gasteiger partial charge in [-0.15, -0.1) is 11.3 Å². The molecular weight excluding hydrogens is 254 g/mol. The highest BCUT2D eigenvalue weighted by atomic mass is 32.1. The quantitative estimate of drug-likeness (QED) is 0.826. The van der Waals surface area contributed by atoms with Crippen molar-refractivity contribution in [2.24, 2.45) is 5.92 Å². The predicted octanol–water partition coefficient (Wildman–Crippen LogP) is 1.73. The summed E-state index contributed by atoms with van der Waals surface area (Å²) in [7, 11) is 1.55. The van der Waals surface area contributed by atoms with Crippen LogP contribution in [0.25, 0.3) is 0 Å². The first kappa shape index (κ1) is 14.7. The zero-order chi connectivity index (χ0) is 13.7. The molecule has 0 aliphatic carbocycles. The summed E-state index contributed by atoms with van der Waals surface area (Å²) in [6, 6.07) is 0.920. The van der Waals surface area contributed by atoms with Crippen LogP contribution in [0.3, 0.4) is 0 Å². The van der Waals surface area contributed by atoms with Crippen molar-refractivity contribution in [2.75, 3.05) is 7.11 Å². The number of thiophene rings is 1. The number of hydrogen-bond acceptors (Lipinski definition) is 4. The monoisotopic (exact) mass is 271 g/mol. The first-order valence-corrected chi connectivity index (χ1v) is 6.44. The lowest BCUT2D eigenvalue weighted by Gasteiger charge is -2.17. The number of methoxy groups -OCH3 is 1. The summed E-state index contributed by atoms with van der Waals surface area (Å²) >= 11 is 1.28. The molecular formula is C12H17NO4S. The van der Waals surface area contributed by atoms with Gasteiger partial charge in [0.05, 0.1) is 11.5 Å². The number of carbonyl (C=O) groups is 2. The third-order valence-electron chi connectivity index (χ3n) is 2.47. The molecule has 2 N–H and O–H groups in total. The zero-order valence-corrected chi connectivity index (χ0v) is 11.4. The number of aliphatic carboxylic acids is 1. The van der Waals surface area contributed by atoms with E-state index >= 15 is 0 Å². The van der Waals surface area contributed by atoms with Crippen LogP contribution in [0.15, 0.2) is 11.4 Å². The molecule has 1 aromatic heterocycles. The number of carboxylic acid groups (broad SMARTS) is 1. The van der Waals surface area contributed by atoms with E-state index in [0.29, 0.717) is 11.5 Å². The summed E-state index contributed by atoms with van der Waals surface area (Å²) in [5, 5.41) is 13.3. The van der Waals surface area contributed by atoms with Crippen LogP contribution in [0.5, 0.6) is 0 Å². The summed E-state index contributed by atoms with van der Waals surface area (Å²) in [5.74, 6) is -1.56. The molecule has 0 aliphatic heterocycles. The van der Waals surface area contributed by atoms with Crippen molar-refractivity contribution in [1.82, 2.24) is 5.32 Å². The molecule has 1 heterocycles. The van der Waals surface area contributed by atoms with E-state index in [9.17, 15) is 9.59 Å². The molecule has 1 amide bonds. The van der Waals surface area contributed by atoms with Gasteiger partial charge in [-0.05, 0) is 17.4 Å². The lowest BCUT2D eigenvalue weighted by atomic mass is 10.0. The summed E-state index contributed by atoms with van der Waals surface area (Å²) < 4.78 is 4.99. The van der Waals surface area contributed by atoms with Gasteiger partial charge in [0.2, 0.25) is 0 Å². The second-order valence-electron chi connectivity index (χ2n) is 4.24. The van der Waals surface area contributed by atoms with Gasteiger partial charge < -0.3 is 15.2 Å². The number of nitrogens with one attached hydrogen (secondary N) is 1. The fourth-order valence-corrected chi connectivity index (χ4v) is 2.34. The van der Waals surface area contributed by atoms with Crippen LogP contribution in [0.4, 0.5) is 0 Å². The van der Waals surface area contributed by atoms with E-state index in [0.717, 1.165) is 5.56 Å². The molecule has 0 fully saturated rings. The number of hydrogen-bond donors (Lipinski definition) is 2. The molecule has 0 radical (unpaired) electrons. The molecule has 0 bridgehead atoms. The van der Waals surface area contributed by atoms with E-state index in [1.807, 2.05) is 0 Å². The summed E-state index contributed by atoms with van der Waals surface area (Å²) in [6.45, 7) is 3.85. The average Bonchev–Trinajstić information content (AvgIpc) is 2.73. The predicted molar refractivity (Wildman–Crippen MR) is 68.8 cm³/mol. The Balaban J connectivity index is 2.80. The van der Waals surface area contributed by atoms with Crippen molar-refractivity contribution in [3.8, 4) is 0 Å². The Morgan fingerprint density at radius 1 is 1.50 bits per heavy atom. The minimum absolute atomic E-state index is 0.169. The standard InChI is InChI=1S/C12H17NO4S/c1-7(2)9(12(15)16)13-11(14)10-8(6-17-3)4-5-18-10/h4-5,7,9H,6H2,1-3H3,(H,13,14)(H,15,16)/t9-/m1/s1. The number of carboxylic acids is 1. The Morgan fingerprint density at radius 2 is 2.17 bits per heavy atom. The minimum Gasteiger partial charge on any atom is -0.480 e. The first-order valence-electron chi connectivity index (χ1n) is 5.56. The molecule has 0 unspecified atom stereocenters. The summed E-state index contributed by atoms with van der Waals surface area (Å²) in [5.41, 5.74) is 0.771. The summed E-state index contributed by atoms with van der Waals surface area (Å²) in [4.78, 5) is 23.5. The van der Waals surface area contributed by atoms with Gasteiger partial charge >= 0.3 is 5.97 Å². The topological polar surface area (TPSA) is 75.6 Å². The lowest BCUT2D eigenvalue weighted by Crippen LogP contribution is -2.44. The van der Waals surface area contributed by atoms with Crippen LogP contribution < -0.4 is 5.32 Å². The zero-order valence-electron chi connectivity index (χ0n) is 10.6. The summed E-state index contributed by atoms with van der Waals surface area (Å²) in [6.07, 6.45) is 0. The van der Waals surface area contributed by atoms with E-state index in [1.165, 1.54) is 11.3 Å². The Bertz CT molecular complexity index is 427. The number of carbonyl (C=O) groups excluding carboxylic acids is 1. The smallest absolute Gasteiger partial charge is 0.326 e. The highest BCUT2D eigenvalue weighted by Crippen LogP contribution is 2.18. The Labute approximate surface area is 110 Å². The van der Waals surface area contributed by atoms with Crippen LogP contribution in [0.1, 0.15) is 29.1 Å². The van der Waals surface area contributed by atoms with Crippen molar-refractivity contribution in [2.45, 2.75) is 26.5 Å². The first-order chi connectivity index (χ1) is 8.47. The van der Waals surface area contributed by atoms with E-state index in [2.05, 4.69) is 5.32 Å². The molecule has 18 heavy (non-hydrogen) atoms. The van der Waals surface area contributed by atoms with E-state index in [-0.39, 0.29) is 11.8 Å². The van der Waals surface area contributed by atoms with Gasteiger partial charge in [0, 0.05) is 12.7 Å². The molecule has 0 aliphatic rings. The lowest BCUT2D eigenvalue weighted by molar-refractivity contribution is -0.140. The fourth-order valence-electron chi connectivity index (χ4n) is 1.52. The molecule has 1 rings (SSSR count). The van der Waals surface area contributed by atoms with Crippen LogP contribution in [-0.4, -0.2) is 30.1 Å². The van der Waals surface area contributed by atoms with E-state index < -0.39 is 12.0 Å². The van der Waals surface area contributed by atoms with Crippen molar-refractivity contribution < 1.29 is 19.4 Å². The normalized spacial score (nSPS) is 12.4. The molecule has 0 saturated carbocycles. The second-order valence-corrected chi connectivity index (χ2v) is 5.16. The Hall–Kier alpha value is -1.40.